The fourth-order valence-electron chi connectivity index (χ4n) is 4.57. The average Bonchev–Trinajstić information content (AvgIpc) is 3.31. The zero-order valence-electron chi connectivity index (χ0n) is 18.0. The Morgan fingerprint density at radius 1 is 1.06 bits per heavy atom. The van der Waals surface area contributed by atoms with Crippen LogP contribution in [0.25, 0.3) is 5.76 Å². The molecule has 0 spiro atoms. The molecule has 1 saturated heterocycles. The minimum absolute atomic E-state index is 0.0206. The van der Waals surface area contributed by atoms with Crippen molar-refractivity contribution in [1.82, 2.24) is 4.90 Å². The van der Waals surface area contributed by atoms with Crippen LogP contribution in [0.4, 0.5) is 4.39 Å². The molecule has 3 aromatic carbocycles. The first-order valence-corrected chi connectivity index (χ1v) is 10.8. The first kappa shape index (κ1) is 20.9. The highest BCUT2D eigenvalue weighted by Gasteiger charge is 2.47. The Labute approximate surface area is 190 Å². The second kappa shape index (κ2) is 8.20. The van der Waals surface area contributed by atoms with Crippen molar-refractivity contribution in [3.05, 3.63) is 106 Å². The lowest BCUT2D eigenvalue weighted by molar-refractivity contribution is -0.140. The number of ether oxygens (including phenoxy) is 1. The van der Waals surface area contributed by atoms with Crippen molar-refractivity contribution in [2.45, 2.75) is 32.0 Å². The number of hydrogen-bond acceptors (Lipinski definition) is 4. The number of aliphatic hydroxyl groups excluding tert-OH is 1. The van der Waals surface area contributed by atoms with Gasteiger partial charge in [0, 0.05) is 24.1 Å². The van der Waals surface area contributed by atoms with Gasteiger partial charge in [-0.05, 0) is 42.3 Å². The number of fused-ring (bicyclic) bond motifs is 1. The predicted octanol–water partition coefficient (Wildman–Crippen LogP) is 4.77. The molecule has 6 heteroatoms. The number of rotatable bonds is 4. The molecule has 1 N–H and O–H groups in total. The van der Waals surface area contributed by atoms with Gasteiger partial charge >= 0.3 is 0 Å². The molecule has 5 nitrogen and oxygen atoms in total. The number of nitrogens with zero attached hydrogens (tertiary/aromatic N) is 1. The molecule has 0 aromatic heterocycles. The van der Waals surface area contributed by atoms with Gasteiger partial charge in [-0.1, -0.05) is 48.5 Å². The SMILES string of the molecule is C[C@@H]1Cc2cc(/C(O)=C3\C(=O)C(=O)N(Cc4ccccc4)[C@@H]3c3ccccc3F)ccc2O1. The lowest BCUT2D eigenvalue weighted by atomic mass is 9.94. The zero-order chi connectivity index (χ0) is 23.1. The van der Waals surface area contributed by atoms with Crippen LogP contribution in [0.3, 0.4) is 0 Å². The summed E-state index contributed by atoms with van der Waals surface area (Å²) < 4.78 is 20.6. The highest BCUT2D eigenvalue weighted by molar-refractivity contribution is 6.46. The van der Waals surface area contributed by atoms with E-state index in [1.807, 2.05) is 37.3 Å². The highest BCUT2D eigenvalue weighted by Crippen LogP contribution is 2.42. The summed E-state index contributed by atoms with van der Waals surface area (Å²) >= 11 is 0. The molecule has 2 heterocycles. The van der Waals surface area contributed by atoms with Gasteiger partial charge in [0.1, 0.15) is 23.4 Å². The Kier molecular flexibility index (Phi) is 5.21. The Balaban J connectivity index is 1.65. The lowest BCUT2D eigenvalue weighted by Gasteiger charge is -2.25. The minimum Gasteiger partial charge on any atom is -0.507 e. The van der Waals surface area contributed by atoms with E-state index in [9.17, 15) is 19.1 Å². The predicted molar refractivity (Wildman–Crippen MR) is 121 cm³/mol. The number of carbonyl (C=O) groups excluding carboxylic acids is 2. The van der Waals surface area contributed by atoms with Gasteiger partial charge in [0.2, 0.25) is 0 Å². The molecule has 0 saturated carbocycles. The van der Waals surface area contributed by atoms with Gasteiger partial charge in [-0.3, -0.25) is 9.59 Å². The fraction of sp³-hybridized carbons (Fsp3) is 0.185. The number of halogens is 1. The number of amides is 1. The van der Waals surface area contributed by atoms with Crippen molar-refractivity contribution in [3.8, 4) is 5.75 Å². The van der Waals surface area contributed by atoms with Crippen molar-refractivity contribution < 1.29 is 23.8 Å². The van der Waals surface area contributed by atoms with Crippen LogP contribution < -0.4 is 4.74 Å². The summed E-state index contributed by atoms with van der Waals surface area (Å²) in [4.78, 5) is 27.5. The monoisotopic (exact) mass is 443 g/mol. The first-order chi connectivity index (χ1) is 15.9. The van der Waals surface area contributed by atoms with Crippen LogP contribution in [0.2, 0.25) is 0 Å². The van der Waals surface area contributed by atoms with Crippen LogP contribution in [0, 0.1) is 5.82 Å². The molecule has 2 aliphatic heterocycles. The molecule has 1 fully saturated rings. The Bertz CT molecular complexity index is 1280. The molecule has 0 radical (unpaired) electrons. The van der Waals surface area contributed by atoms with Crippen LogP contribution >= 0.6 is 0 Å². The summed E-state index contributed by atoms with van der Waals surface area (Å²) in [6.07, 6.45) is 0.697. The molecule has 0 bridgehead atoms. The molecule has 2 atom stereocenters. The third-order valence-electron chi connectivity index (χ3n) is 6.10. The topological polar surface area (TPSA) is 66.8 Å². The zero-order valence-corrected chi connectivity index (χ0v) is 18.0. The molecule has 1 amide bonds. The van der Waals surface area contributed by atoms with Gasteiger partial charge in [0.05, 0.1) is 11.6 Å². The van der Waals surface area contributed by atoms with E-state index in [0.717, 1.165) is 16.9 Å². The van der Waals surface area contributed by atoms with Gasteiger partial charge in [-0.25, -0.2) is 4.39 Å². The number of likely N-dealkylation sites (tertiary alicyclic amines) is 1. The maximum Gasteiger partial charge on any atom is 0.295 e. The molecular weight excluding hydrogens is 421 g/mol. The van der Waals surface area contributed by atoms with Crippen molar-refractivity contribution in [2.24, 2.45) is 0 Å². The summed E-state index contributed by atoms with van der Waals surface area (Å²) in [7, 11) is 0. The Morgan fingerprint density at radius 2 is 1.79 bits per heavy atom. The number of hydrogen-bond donors (Lipinski definition) is 1. The largest absolute Gasteiger partial charge is 0.507 e. The van der Waals surface area contributed by atoms with Gasteiger partial charge in [0.25, 0.3) is 11.7 Å². The van der Waals surface area contributed by atoms with Crippen LogP contribution in [-0.2, 0) is 22.6 Å². The van der Waals surface area contributed by atoms with Crippen LogP contribution in [0.5, 0.6) is 5.75 Å². The average molecular weight is 443 g/mol. The molecule has 166 valence electrons. The maximum atomic E-state index is 14.9. The number of benzene rings is 3. The van der Waals surface area contributed by atoms with Crippen LogP contribution in [0.15, 0.2) is 78.4 Å². The number of Topliss-reactive ketones (excluding diaryl/α,β-unsaturated/α-hetero) is 1. The summed E-state index contributed by atoms with van der Waals surface area (Å²) in [6.45, 7) is 2.06. The second-order valence-corrected chi connectivity index (χ2v) is 8.39. The van der Waals surface area contributed by atoms with Crippen molar-refractivity contribution in [1.29, 1.82) is 0 Å². The molecule has 5 rings (SSSR count). The summed E-state index contributed by atoms with van der Waals surface area (Å²) in [6, 6.07) is 19.3. The number of ketones is 1. The molecule has 0 aliphatic carbocycles. The van der Waals surface area contributed by atoms with Gasteiger partial charge < -0.3 is 14.7 Å². The van der Waals surface area contributed by atoms with Crippen LogP contribution in [-0.4, -0.2) is 27.8 Å². The smallest absolute Gasteiger partial charge is 0.295 e. The molecule has 2 aliphatic rings. The molecule has 3 aromatic rings. The van der Waals surface area contributed by atoms with E-state index in [2.05, 4.69) is 0 Å². The van der Waals surface area contributed by atoms with E-state index in [-0.39, 0.29) is 29.5 Å². The Hall–Kier alpha value is -3.93. The molecule has 33 heavy (non-hydrogen) atoms. The normalized spacial score (nSPS) is 21.2. The van der Waals surface area contributed by atoms with Gasteiger partial charge in [0.15, 0.2) is 0 Å². The van der Waals surface area contributed by atoms with Gasteiger partial charge in [-0.2, -0.15) is 0 Å². The van der Waals surface area contributed by atoms with Crippen molar-refractivity contribution >= 4 is 17.4 Å². The van der Waals surface area contributed by atoms with Crippen molar-refractivity contribution in [2.75, 3.05) is 0 Å². The summed E-state index contributed by atoms with van der Waals surface area (Å²) in [5.41, 5.74) is 2.14. The fourth-order valence-corrected chi connectivity index (χ4v) is 4.57. The van der Waals surface area contributed by atoms with Crippen molar-refractivity contribution in [3.63, 3.8) is 0 Å². The third kappa shape index (κ3) is 3.67. The molecule has 0 unspecified atom stereocenters. The minimum atomic E-state index is -1.05. The van der Waals surface area contributed by atoms with Gasteiger partial charge in [-0.15, -0.1) is 0 Å². The summed E-state index contributed by atoms with van der Waals surface area (Å²) in [5.74, 6) is -1.74. The second-order valence-electron chi connectivity index (χ2n) is 8.39. The van der Waals surface area contributed by atoms with E-state index in [1.54, 1.807) is 30.3 Å². The van der Waals surface area contributed by atoms with E-state index >= 15 is 0 Å². The first-order valence-electron chi connectivity index (χ1n) is 10.8. The van der Waals surface area contributed by atoms with E-state index < -0.39 is 23.5 Å². The van der Waals surface area contributed by atoms with Crippen LogP contribution in [0.1, 0.15) is 35.2 Å². The summed E-state index contributed by atoms with van der Waals surface area (Å²) in [5, 5.41) is 11.2. The number of carbonyl (C=O) groups is 2. The third-order valence-corrected chi connectivity index (χ3v) is 6.10. The van der Waals surface area contributed by atoms with E-state index in [0.29, 0.717) is 12.0 Å². The highest BCUT2D eigenvalue weighted by atomic mass is 19.1. The standard InChI is InChI=1S/C27H22FNO4/c1-16-13-19-14-18(11-12-22(19)33-16)25(30)23-24(20-9-5-6-10-21(20)28)29(27(32)26(23)31)15-17-7-3-2-4-8-17/h2-12,14,16,24,30H,13,15H2,1H3/b25-23+/t16-,24-/m1/s1. The Morgan fingerprint density at radius 3 is 2.55 bits per heavy atom. The quantitative estimate of drug-likeness (QED) is 0.358. The lowest BCUT2D eigenvalue weighted by Crippen LogP contribution is -2.29. The van der Waals surface area contributed by atoms with E-state index in [1.165, 1.54) is 17.0 Å². The number of aliphatic hydroxyl groups is 1. The maximum absolute atomic E-state index is 14.9. The molecular formula is C27H22FNO4. The van der Waals surface area contributed by atoms with E-state index in [4.69, 9.17) is 4.74 Å².